The molecule has 0 aromatic heterocycles. The van der Waals surface area contributed by atoms with E-state index in [9.17, 15) is 9.59 Å². The molecule has 0 bridgehead atoms. The molecule has 1 saturated heterocycles. The molecule has 0 spiro atoms. The van der Waals surface area contributed by atoms with Gasteiger partial charge in [-0.2, -0.15) is 0 Å². The van der Waals surface area contributed by atoms with Crippen molar-refractivity contribution in [2.45, 2.75) is 38.6 Å². The third kappa shape index (κ3) is 6.22. The summed E-state index contributed by atoms with van der Waals surface area (Å²) in [7, 11) is 0. The average molecular weight is 433 g/mol. The monoisotopic (exact) mass is 432 g/mol. The van der Waals surface area contributed by atoms with E-state index >= 15 is 0 Å². The molecular formula is C23H26Cl2N2O2. The maximum absolute atomic E-state index is 12.6. The van der Waals surface area contributed by atoms with Gasteiger partial charge in [-0.15, -0.1) is 0 Å². The second-order valence-corrected chi connectivity index (χ2v) is 8.40. The van der Waals surface area contributed by atoms with E-state index in [0.29, 0.717) is 55.4 Å². The van der Waals surface area contributed by atoms with Gasteiger partial charge in [0.05, 0.1) is 0 Å². The van der Waals surface area contributed by atoms with E-state index in [1.165, 1.54) is 0 Å². The fourth-order valence-electron chi connectivity index (χ4n) is 3.66. The van der Waals surface area contributed by atoms with Gasteiger partial charge >= 0.3 is 0 Å². The number of carbonyl (C=O) groups excluding carboxylic acids is 2. The van der Waals surface area contributed by atoms with E-state index in [1.807, 2.05) is 65.3 Å². The molecule has 1 atom stereocenters. The van der Waals surface area contributed by atoms with Crippen LogP contribution in [0.2, 0.25) is 10.0 Å². The lowest BCUT2D eigenvalue weighted by molar-refractivity contribution is -0.142. The molecule has 0 saturated carbocycles. The number of carbonyl (C=O) groups is 2. The maximum atomic E-state index is 12.6. The Morgan fingerprint density at radius 2 is 1.31 bits per heavy atom. The minimum absolute atomic E-state index is 0.0287. The van der Waals surface area contributed by atoms with Crippen LogP contribution >= 0.6 is 23.2 Å². The second kappa shape index (κ2) is 10.1. The zero-order valence-corrected chi connectivity index (χ0v) is 18.1. The molecule has 1 aliphatic rings. The van der Waals surface area contributed by atoms with E-state index in [2.05, 4.69) is 0 Å². The largest absolute Gasteiger partial charge is 0.339 e. The van der Waals surface area contributed by atoms with Crippen molar-refractivity contribution in [2.24, 2.45) is 0 Å². The maximum Gasteiger partial charge on any atom is 0.223 e. The number of hydrogen-bond acceptors (Lipinski definition) is 2. The summed E-state index contributed by atoms with van der Waals surface area (Å²) in [6.45, 7) is 3.79. The molecule has 1 aliphatic heterocycles. The molecule has 29 heavy (non-hydrogen) atoms. The van der Waals surface area contributed by atoms with Gasteiger partial charge in [-0.1, -0.05) is 47.5 Å². The first-order chi connectivity index (χ1) is 13.9. The number of rotatable bonds is 6. The van der Waals surface area contributed by atoms with Crippen molar-refractivity contribution >= 4 is 35.0 Å². The number of benzene rings is 2. The van der Waals surface area contributed by atoms with Gasteiger partial charge in [0.25, 0.3) is 0 Å². The van der Waals surface area contributed by atoms with Crippen LogP contribution in [0.4, 0.5) is 0 Å². The third-order valence-corrected chi connectivity index (χ3v) is 5.89. The summed E-state index contributed by atoms with van der Waals surface area (Å²) >= 11 is 11.8. The van der Waals surface area contributed by atoms with Crippen LogP contribution in [0.1, 0.15) is 30.9 Å². The Morgan fingerprint density at radius 3 is 1.79 bits per heavy atom. The van der Waals surface area contributed by atoms with E-state index in [4.69, 9.17) is 23.2 Å². The molecule has 2 aromatic rings. The summed E-state index contributed by atoms with van der Waals surface area (Å²) in [5.41, 5.74) is 2.21. The van der Waals surface area contributed by atoms with Gasteiger partial charge in [0.15, 0.2) is 0 Å². The van der Waals surface area contributed by atoms with Crippen molar-refractivity contribution in [3.63, 3.8) is 0 Å². The first-order valence-corrected chi connectivity index (χ1v) is 10.7. The Bertz CT molecular complexity index is 837. The number of halogens is 2. The zero-order valence-electron chi connectivity index (χ0n) is 16.6. The number of hydrogen-bond donors (Lipinski definition) is 0. The molecule has 1 heterocycles. The van der Waals surface area contributed by atoms with Gasteiger partial charge in [-0.3, -0.25) is 9.59 Å². The molecule has 0 unspecified atom stereocenters. The van der Waals surface area contributed by atoms with Gasteiger partial charge in [-0.05, 0) is 55.2 Å². The average Bonchev–Trinajstić information content (AvgIpc) is 2.72. The molecule has 0 radical (unpaired) electrons. The standard InChI is InChI=1S/C23H26Cl2N2O2/c1-17-16-26(22(28)12-6-18-2-8-20(24)9-3-18)14-15-27(17)23(29)13-7-19-4-10-21(25)11-5-19/h2-5,8-11,17H,6-7,12-16H2,1H3/t17-/m0/s1. The molecule has 1 fully saturated rings. The molecule has 4 nitrogen and oxygen atoms in total. The van der Waals surface area contributed by atoms with Crippen LogP contribution in [-0.4, -0.2) is 47.3 Å². The van der Waals surface area contributed by atoms with Crippen molar-refractivity contribution in [2.75, 3.05) is 19.6 Å². The van der Waals surface area contributed by atoms with Crippen molar-refractivity contribution < 1.29 is 9.59 Å². The Labute approximate surface area is 182 Å². The lowest BCUT2D eigenvalue weighted by atomic mass is 10.1. The lowest BCUT2D eigenvalue weighted by Crippen LogP contribution is -2.55. The molecule has 6 heteroatoms. The molecule has 0 aliphatic carbocycles. The molecular weight excluding hydrogens is 407 g/mol. The van der Waals surface area contributed by atoms with Gasteiger partial charge in [-0.25, -0.2) is 0 Å². The molecule has 154 valence electrons. The third-order valence-electron chi connectivity index (χ3n) is 5.38. The van der Waals surface area contributed by atoms with E-state index < -0.39 is 0 Å². The van der Waals surface area contributed by atoms with Crippen LogP contribution < -0.4 is 0 Å². The fourth-order valence-corrected chi connectivity index (χ4v) is 3.91. The minimum atomic E-state index is 0.0287. The first-order valence-electron chi connectivity index (χ1n) is 9.98. The zero-order chi connectivity index (χ0) is 20.8. The van der Waals surface area contributed by atoms with E-state index in [0.717, 1.165) is 11.1 Å². The van der Waals surface area contributed by atoms with Crippen molar-refractivity contribution in [3.8, 4) is 0 Å². The van der Waals surface area contributed by atoms with Gasteiger partial charge in [0.1, 0.15) is 0 Å². The molecule has 0 N–H and O–H groups in total. The normalized spacial score (nSPS) is 16.7. The van der Waals surface area contributed by atoms with Crippen LogP contribution in [0.3, 0.4) is 0 Å². The number of amides is 2. The Hall–Kier alpha value is -2.04. The van der Waals surface area contributed by atoms with Crippen molar-refractivity contribution in [3.05, 3.63) is 69.7 Å². The highest BCUT2D eigenvalue weighted by atomic mass is 35.5. The highest BCUT2D eigenvalue weighted by Crippen LogP contribution is 2.16. The number of piperazine rings is 1. The van der Waals surface area contributed by atoms with Crippen LogP contribution in [0, 0.1) is 0 Å². The highest BCUT2D eigenvalue weighted by Gasteiger charge is 2.29. The smallest absolute Gasteiger partial charge is 0.223 e. The van der Waals surface area contributed by atoms with Crippen LogP contribution in [0.25, 0.3) is 0 Å². The summed E-state index contributed by atoms with van der Waals surface area (Å²) < 4.78 is 0. The predicted octanol–water partition coefficient (Wildman–Crippen LogP) is 4.62. The number of nitrogens with zero attached hydrogens (tertiary/aromatic N) is 2. The fraction of sp³-hybridized carbons (Fsp3) is 0.391. The minimum Gasteiger partial charge on any atom is -0.339 e. The van der Waals surface area contributed by atoms with E-state index in [-0.39, 0.29) is 17.9 Å². The molecule has 2 amide bonds. The quantitative estimate of drug-likeness (QED) is 0.667. The first kappa shape index (κ1) is 21.7. The summed E-state index contributed by atoms with van der Waals surface area (Å²) in [5.74, 6) is 0.278. The summed E-state index contributed by atoms with van der Waals surface area (Å²) in [5, 5.41) is 1.40. The van der Waals surface area contributed by atoms with Gasteiger partial charge < -0.3 is 9.80 Å². The number of aryl methyl sites for hydroxylation is 2. The Morgan fingerprint density at radius 1 is 0.828 bits per heavy atom. The van der Waals surface area contributed by atoms with Crippen LogP contribution in [-0.2, 0) is 22.4 Å². The topological polar surface area (TPSA) is 40.6 Å². The predicted molar refractivity (Wildman–Crippen MR) is 117 cm³/mol. The Balaban J connectivity index is 1.45. The summed E-state index contributed by atoms with van der Waals surface area (Å²) in [6.07, 6.45) is 2.34. The van der Waals surface area contributed by atoms with Crippen LogP contribution in [0.15, 0.2) is 48.5 Å². The Kier molecular flexibility index (Phi) is 7.57. The second-order valence-electron chi connectivity index (χ2n) is 7.53. The SMILES string of the molecule is C[C@H]1CN(C(=O)CCc2ccc(Cl)cc2)CCN1C(=O)CCc1ccc(Cl)cc1. The van der Waals surface area contributed by atoms with Crippen molar-refractivity contribution in [1.29, 1.82) is 0 Å². The van der Waals surface area contributed by atoms with Crippen LogP contribution in [0.5, 0.6) is 0 Å². The highest BCUT2D eigenvalue weighted by molar-refractivity contribution is 6.30. The van der Waals surface area contributed by atoms with Gasteiger partial charge in [0.2, 0.25) is 11.8 Å². The summed E-state index contributed by atoms with van der Waals surface area (Å²) in [6, 6.07) is 15.2. The lowest BCUT2D eigenvalue weighted by Gasteiger charge is -2.40. The van der Waals surface area contributed by atoms with Gasteiger partial charge in [0, 0.05) is 48.6 Å². The molecule has 3 rings (SSSR count). The van der Waals surface area contributed by atoms with Crippen molar-refractivity contribution in [1.82, 2.24) is 9.80 Å². The molecule has 2 aromatic carbocycles. The van der Waals surface area contributed by atoms with E-state index in [1.54, 1.807) is 0 Å². The summed E-state index contributed by atoms with van der Waals surface area (Å²) in [4.78, 5) is 29.0.